The molecule has 1 aromatic carbocycles. The quantitative estimate of drug-likeness (QED) is 0.464. The summed E-state index contributed by atoms with van der Waals surface area (Å²) >= 11 is 0. The number of aromatic nitrogens is 3. The van der Waals surface area contributed by atoms with Gasteiger partial charge in [0.15, 0.2) is 0 Å². The average Bonchev–Trinajstić information content (AvgIpc) is 2.96. The second kappa shape index (κ2) is 7.49. The maximum Gasteiger partial charge on any atom is 0.213 e. The zero-order valence-electron chi connectivity index (χ0n) is 13.5. The number of nitrogens with zero attached hydrogens (tertiary/aromatic N) is 4. The van der Waals surface area contributed by atoms with E-state index in [9.17, 15) is 4.39 Å². The fraction of sp³-hybridized carbons (Fsp3) is 0.235. The molecule has 2 aromatic rings. The lowest BCUT2D eigenvalue weighted by molar-refractivity contribution is 0.193. The van der Waals surface area contributed by atoms with Crippen molar-refractivity contribution in [1.82, 2.24) is 15.0 Å². The number of rotatable bonds is 6. The monoisotopic (exact) mass is 314 g/mol. The van der Waals surface area contributed by atoms with Gasteiger partial charge in [0.1, 0.15) is 18.1 Å². The van der Waals surface area contributed by atoms with Gasteiger partial charge in [0.25, 0.3) is 0 Å². The summed E-state index contributed by atoms with van der Waals surface area (Å²) in [7, 11) is 0. The minimum Gasteiger partial charge on any atom is -0.471 e. The molecule has 0 radical (unpaired) electrons. The molecule has 0 bridgehead atoms. The molecule has 0 amide bonds. The first kappa shape index (κ1) is 16.6. The molecule has 5 nitrogen and oxygen atoms in total. The molecule has 0 unspecified atom stereocenters. The Hall–Kier alpha value is -2.76. The topological polar surface area (TPSA) is 52.3 Å². The van der Waals surface area contributed by atoms with E-state index in [2.05, 4.69) is 21.9 Å². The van der Waals surface area contributed by atoms with Crippen LogP contribution < -0.4 is 0 Å². The minimum atomic E-state index is -0.246. The molecule has 1 heterocycles. The van der Waals surface area contributed by atoms with Gasteiger partial charge in [0.2, 0.25) is 5.88 Å². The minimum absolute atomic E-state index is 0.233. The third-order valence-corrected chi connectivity index (χ3v) is 2.94. The second-order valence-electron chi connectivity index (χ2n) is 5.09. The van der Waals surface area contributed by atoms with Crippen LogP contribution in [0.5, 0.6) is 0 Å². The summed E-state index contributed by atoms with van der Waals surface area (Å²) in [6, 6.07) is 4.77. The molecular formula is C17H19FN4O. The Morgan fingerprint density at radius 1 is 1.48 bits per heavy atom. The normalized spacial score (nSPS) is 11.9. The van der Waals surface area contributed by atoms with Gasteiger partial charge >= 0.3 is 0 Å². The number of benzene rings is 1. The van der Waals surface area contributed by atoms with E-state index in [0.29, 0.717) is 17.1 Å². The van der Waals surface area contributed by atoms with Gasteiger partial charge in [0, 0.05) is 12.3 Å². The van der Waals surface area contributed by atoms with Crippen molar-refractivity contribution in [3.05, 3.63) is 65.6 Å². The van der Waals surface area contributed by atoms with Gasteiger partial charge in [-0.3, -0.25) is 0 Å². The Morgan fingerprint density at radius 3 is 2.91 bits per heavy atom. The molecule has 120 valence electrons. The van der Waals surface area contributed by atoms with E-state index in [0.717, 1.165) is 11.3 Å². The number of hydrogen-bond donors (Lipinski definition) is 0. The number of aryl methyl sites for hydroxylation is 1. The van der Waals surface area contributed by atoms with Gasteiger partial charge in [-0.05, 0) is 44.5 Å². The van der Waals surface area contributed by atoms with Crippen LogP contribution in [0.25, 0.3) is 5.69 Å². The lowest BCUT2D eigenvalue weighted by Crippen LogP contribution is -1.96. The van der Waals surface area contributed by atoms with Crippen LogP contribution in [0, 0.1) is 12.7 Å². The van der Waals surface area contributed by atoms with Crippen LogP contribution in [0.3, 0.4) is 0 Å². The molecule has 0 spiro atoms. The zero-order valence-corrected chi connectivity index (χ0v) is 13.5. The molecule has 2 rings (SSSR count). The molecule has 0 aliphatic heterocycles. The number of allylic oxidation sites excluding steroid dienone is 2. The van der Waals surface area contributed by atoms with E-state index in [4.69, 9.17) is 4.74 Å². The fourth-order valence-corrected chi connectivity index (χ4v) is 1.86. The van der Waals surface area contributed by atoms with Crippen molar-refractivity contribution < 1.29 is 9.13 Å². The number of hydrogen-bond acceptors (Lipinski definition) is 4. The van der Waals surface area contributed by atoms with Crippen molar-refractivity contribution in [2.45, 2.75) is 27.4 Å². The van der Waals surface area contributed by atoms with Gasteiger partial charge < -0.3 is 4.74 Å². The van der Waals surface area contributed by atoms with Crippen molar-refractivity contribution in [3.63, 3.8) is 0 Å². The molecule has 0 fully saturated rings. The summed E-state index contributed by atoms with van der Waals surface area (Å²) in [6.45, 7) is 9.41. The Labute approximate surface area is 134 Å². The Kier molecular flexibility index (Phi) is 5.41. The highest BCUT2D eigenvalue weighted by atomic mass is 19.1. The molecule has 23 heavy (non-hydrogen) atoms. The SMILES string of the molecule is C=C(C)/C=C(\N=C/C)OCc1cn(-c2ccc(F)c(C)c2)nn1. The first-order chi connectivity index (χ1) is 11.0. The summed E-state index contributed by atoms with van der Waals surface area (Å²) in [5.41, 5.74) is 2.79. The molecule has 0 N–H and O–H groups in total. The van der Waals surface area contributed by atoms with Crippen LogP contribution in [-0.2, 0) is 11.3 Å². The van der Waals surface area contributed by atoms with Gasteiger partial charge in [0.05, 0.1) is 11.9 Å². The Morgan fingerprint density at radius 2 is 2.26 bits per heavy atom. The van der Waals surface area contributed by atoms with Crippen LogP contribution >= 0.6 is 0 Å². The van der Waals surface area contributed by atoms with E-state index >= 15 is 0 Å². The standard InChI is InChI=1S/C17H19FN4O/c1-5-19-17(8-12(2)3)23-11-14-10-22(21-20-14)15-6-7-16(18)13(4)9-15/h5-10H,2,11H2,1,3-4H3/b17-8+,19-5-. The van der Waals surface area contributed by atoms with Crippen LogP contribution in [0.4, 0.5) is 4.39 Å². The van der Waals surface area contributed by atoms with E-state index in [1.54, 1.807) is 42.2 Å². The van der Waals surface area contributed by atoms with E-state index in [-0.39, 0.29) is 12.4 Å². The smallest absolute Gasteiger partial charge is 0.213 e. The highest BCUT2D eigenvalue weighted by Gasteiger charge is 2.06. The van der Waals surface area contributed by atoms with Crippen molar-refractivity contribution in [3.8, 4) is 5.69 Å². The van der Waals surface area contributed by atoms with Crippen LogP contribution in [0.2, 0.25) is 0 Å². The molecule has 0 saturated heterocycles. The van der Waals surface area contributed by atoms with Crippen molar-refractivity contribution >= 4 is 6.21 Å². The first-order valence-electron chi connectivity index (χ1n) is 7.16. The average molecular weight is 314 g/mol. The van der Waals surface area contributed by atoms with Crippen LogP contribution in [0.15, 0.2) is 53.5 Å². The van der Waals surface area contributed by atoms with Crippen LogP contribution in [0.1, 0.15) is 25.1 Å². The van der Waals surface area contributed by atoms with E-state index in [1.807, 2.05) is 13.8 Å². The summed E-state index contributed by atoms with van der Waals surface area (Å²) in [5, 5.41) is 8.08. The largest absolute Gasteiger partial charge is 0.471 e. The third-order valence-electron chi connectivity index (χ3n) is 2.94. The Balaban J connectivity index is 2.10. The molecule has 0 saturated carbocycles. The Bertz CT molecular complexity index is 762. The van der Waals surface area contributed by atoms with Crippen molar-refractivity contribution in [2.75, 3.05) is 0 Å². The van der Waals surface area contributed by atoms with E-state index in [1.165, 1.54) is 6.07 Å². The summed E-state index contributed by atoms with van der Waals surface area (Å²) in [6.07, 6.45) is 5.13. The molecule has 1 aromatic heterocycles. The lowest BCUT2D eigenvalue weighted by Gasteiger charge is -2.04. The molecular weight excluding hydrogens is 295 g/mol. The number of halogens is 1. The van der Waals surface area contributed by atoms with Gasteiger partial charge in [-0.15, -0.1) is 5.10 Å². The van der Waals surface area contributed by atoms with Gasteiger partial charge in [-0.2, -0.15) is 0 Å². The summed E-state index contributed by atoms with van der Waals surface area (Å²) in [5.74, 6) is 0.219. The van der Waals surface area contributed by atoms with Crippen molar-refractivity contribution in [1.29, 1.82) is 0 Å². The third kappa shape index (κ3) is 4.60. The maximum absolute atomic E-state index is 13.3. The molecule has 0 atom stereocenters. The van der Waals surface area contributed by atoms with E-state index < -0.39 is 0 Å². The van der Waals surface area contributed by atoms with Gasteiger partial charge in [-0.1, -0.05) is 17.4 Å². The van der Waals surface area contributed by atoms with Crippen molar-refractivity contribution in [2.24, 2.45) is 4.99 Å². The predicted octanol–water partition coefficient (Wildman–Crippen LogP) is 3.74. The number of ether oxygens (including phenoxy) is 1. The van der Waals surface area contributed by atoms with Gasteiger partial charge in [-0.25, -0.2) is 14.1 Å². The summed E-state index contributed by atoms with van der Waals surface area (Å²) in [4.78, 5) is 4.12. The highest BCUT2D eigenvalue weighted by molar-refractivity contribution is 5.55. The molecule has 6 heteroatoms. The molecule has 0 aliphatic rings. The predicted molar refractivity (Wildman–Crippen MR) is 87.9 cm³/mol. The summed E-state index contributed by atoms with van der Waals surface area (Å²) < 4.78 is 20.5. The molecule has 0 aliphatic carbocycles. The maximum atomic E-state index is 13.3. The number of aliphatic imine (C=N–C) groups is 1. The lowest BCUT2D eigenvalue weighted by atomic mass is 10.2. The second-order valence-corrected chi connectivity index (χ2v) is 5.09. The van der Waals surface area contributed by atoms with Crippen LogP contribution in [-0.4, -0.2) is 21.2 Å². The first-order valence-corrected chi connectivity index (χ1v) is 7.16. The highest BCUT2D eigenvalue weighted by Crippen LogP contribution is 2.14. The fourth-order valence-electron chi connectivity index (χ4n) is 1.86. The zero-order chi connectivity index (χ0) is 16.8.